The molecule has 6 nitrogen and oxygen atoms in total. The molecule has 3 aromatic carbocycles. The van der Waals surface area contributed by atoms with Gasteiger partial charge in [-0.3, -0.25) is 4.79 Å². The van der Waals surface area contributed by atoms with Crippen LogP contribution in [0.3, 0.4) is 0 Å². The molecule has 0 N–H and O–H groups in total. The van der Waals surface area contributed by atoms with E-state index in [1.807, 2.05) is 42.5 Å². The second kappa shape index (κ2) is 8.00. The van der Waals surface area contributed by atoms with Gasteiger partial charge >= 0.3 is 11.9 Å². The van der Waals surface area contributed by atoms with Crippen molar-refractivity contribution in [3.05, 3.63) is 76.4 Å². The van der Waals surface area contributed by atoms with Gasteiger partial charge in [0.15, 0.2) is 17.2 Å². The maximum absolute atomic E-state index is 12.4. The highest BCUT2D eigenvalue weighted by atomic mass is 35.5. The van der Waals surface area contributed by atoms with Gasteiger partial charge in [0.2, 0.25) is 5.90 Å². The van der Waals surface area contributed by atoms with Crippen LogP contribution in [0, 0.1) is 0 Å². The third kappa shape index (κ3) is 3.77. The van der Waals surface area contributed by atoms with Crippen LogP contribution in [0.4, 0.5) is 0 Å². The Morgan fingerprint density at radius 1 is 1.13 bits per heavy atom. The topological polar surface area (TPSA) is 74.2 Å². The first-order valence-corrected chi connectivity index (χ1v) is 9.40. The van der Waals surface area contributed by atoms with Gasteiger partial charge in [0.1, 0.15) is 0 Å². The predicted octanol–water partition coefficient (Wildman–Crippen LogP) is 4.77. The number of nitrogens with zero attached hydrogens (tertiary/aromatic N) is 1. The number of hydrogen-bond acceptors (Lipinski definition) is 6. The first kappa shape index (κ1) is 19.7. The smallest absolute Gasteiger partial charge is 0.363 e. The van der Waals surface area contributed by atoms with E-state index in [-0.39, 0.29) is 28.1 Å². The van der Waals surface area contributed by atoms with Crippen LogP contribution in [-0.4, -0.2) is 24.9 Å². The zero-order valence-electron chi connectivity index (χ0n) is 16.1. The molecule has 0 radical (unpaired) electrons. The van der Waals surface area contributed by atoms with Gasteiger partial charge in [-0.25, -0.2) is 9.79 Å². The van der Waals surface area contributed by atoms with Crippen LogP contribution >= 0.6 is 11.6 Å². The van der Waals surface area contributed by atoms with E-state index in [0.29, 0.717) is 5.56 Å². The van der Waals surface area contributed by atoms with E-state index in [2.05, 4.69) is 4.99 Å². The standard InChI is InChI=1S/C23H16ClNO5/c1-13(26)29-21-18(24)10-14(12-20(21)28-2)11-19-23(27)30-22(25-19)17-9-5-7-15-6-3-4-8-16(15)17/h3-12H,1-2H3. The highest BCUT2D eigenvalue weighted by Crippen LogP contribution is 2.37. The lowest BCUT2D eigenvalue weighted by molar-refractivity contribution is -0.132. The molecule has 0 fully saturated rings. The summed E-state index contributed by atoms with van der Waals surface area (Å²) in [6.07, 6.45) is 1.53. The Bertz CT molecular complexity index is 1240. The fourth-order valence-electron chi connectivity index (χ4n) is 3.16. The summed E-state index contributed by atoms with van der Waals surface area (Å²) in [5, 5.41) is 2.12. The summed E-state index contributed by atoms with van der Waals surface area (Å²) >= 11 is 6.23. The Labute approximate surface area is 177 Å². The number of rotatable bonds is 4. The molecular weight excluding hydrogens is 406 g/mol. The number of fused-ring (bicyclic) bond motifs is 1. The highest BCUT2D eigenvalue weighted by molar-refractivity contribution is 6.32. The largest absolute Gasteiger partial charge is 0.493 e. The SMILES string of the molecule is COc1cc(C=C2N=C(c3cccc4ccccc34)OC2=O)cc(Cl)c1OC(C)=O. The molecule has 1 aliphatic heterocycles. The number of benzene rings is 3. The minimum absolute atomic E-state index is 0.114. The minimum Gasteiger partial charge on any atom is -0.493 e. The zero-order valence-corrected chi connectivity index (χ0v) is 16.9. The molecule has 0 aromatic heterocycles. The maximum Gasteiger partial charge on any atom is 0.363 e. The number of carbonyl (C=O) groups is 2. The lowest BCUT2D eigenvalue weighted by Gasteiger charge is -2.10. The van der Waals surface area contributed by atoms with Crippen LogP contribution in [0.25, 0.3) is 16.8 Å². The maximum atomic E-state index is 12.4. The van der Waals surface area contributed by atoms with Gasteiger partial charge in [-0.15, -0.1) is 0 Å². The molecule has 0 saturated carbocycles. The summed E-state index contributed by atoms with van der Waals surface area (Å²) in [6, 6.07) is 16.6. The van der Waals surface area contributed by atoms with Crippen molar-refractivity contribution in [1.82, 2.24) is 0 Å². The Morgan fingerprint density at radius 3 is 2.67 bits per heavy atom. The highest BCUT2D eigenvalue weighted by Gasteiger charge is 2.25. The summed E-state index contributed by atoms with van der Waals surface area (Å²) in [5.41, 5.74) is 1.39. The Morgan fingerprint density at radius 2 is 1.90 bits per heavy atom. The van der Waals surface area contributed by atoms with E-state index in [1.54, 1.807) is 12.1 Å². The number of halogens is 1. The molecule has 0 bridgehead atoms. The van der Waals surface area contributed by atoms with Crippen molar-refractivity contribution in [2.45, 2.75) is 6.92 Å². The summed E-state index contributed by atoms with van der Waals surface area (Å²) in [7, 11) is 1.43. The second-order valence-corrected chi connectivity index (χ2v) is 6.90. The Hall–Kier alpha value is -3.64. The number of ether oxygens (including phenoxy) is 3. The molecule has 0 amide bonds. The summed E-state index contributed by atoms with van der Waals surface area (Å²) < 4.78 is 15.8. The van der Waals surface area contributed by atoms with Crippen LogP contribution in [0.15, 0.2) is 65.3 Å². The van der Waals surface area contributed by atoms with E-state index >= 15 is 0 Å². The third-order valence-corrected chi connectivity index (χ3v) is 4.72. The van der Waals surface area contributed by atoms with Crippen LogP contribution in [0.1, 0.15) is 18.1 Å². The number of methoxy groups -OCH3 is 1. The van der Waals surface area contributed by atoms with Crippen molar-refractivity contribution in [2.24, 2.45) is 4.99 Å². The number of aliphatic imine (C=N–C) groups is 1. The van der Waals surface area contributed by atoms with Crippen LogP contribution in [-0.2, 0) is 14.3 Å². The lowest BCUT2D eigenvalue weighted by atomic mass is 10.0. The van der Waals surface area contributed by atoms with Crippen molar-refractivity contribution in [1.29, 1.82) is 0 Å². The first-order valence-electron chi connectivity index (χ1n) is 9.03. The van der Waals surface area contributed by atoms with Crippen LogP contribution < -0.4 is 9.47 Å². The summed E-state index contributed by atoms with van der Waals surface area (Å²) in [4.78, 5) is 28.1. The van der Waals surface area contributed by atoms with E-state index in [9.17, 15) is 9.59 Å². The van der Waals surface area contributed by atoms with Crippen molar-refractivity contribution < 1.29 is 23.8 Å². The fourth-order valence-corrected chi connectivity index (χ4v) is 3.42. The average Bonchev–Trinajstić information content (AvgIpc) is 3.09. The average molecular weight is 422 g/mol. The Balaban J connectivity index is 1.74. The number of carbonyl (C=O) groups excluding carboxylic acids is 2. The number of cyclic esters (lactones) is 1. The van der Waals surface area contributed by atoms with Gasteiger partial charge < -0.3 is 14.2 Å². The van der Waals surface area contributed by atoms with Crippen molar-refractivity contribution >= 4 is 46.3 Å². The normalized spacial score (nSPS) is 14.6. The van der Waals surface area contributed by atoms with Gasteiger partial charge in [0, 0.05) is 12.5 Å². The van der Waals surface area contributed by atoms with Gasteiger partial charge in [-0.1, -0.05) is 48.0 Å². The molecule has 0 unspecified atom stereocenters. The van der Waals surface area contributed by atoms with E-state index in [4.69, 9.17) is 25.8 Å². The Kier molecular flexibility index (Phi) is 5.25. The molecule has 4 rings (SSSR count). The molecule has 150 valence electrons. The minimum atomic E-state index is -0.572. The molecule has 0 atom stereocenters. The van der Waals surface area contributed by atoms with E-state index in [0.717, 1.165) is 16.3 Å². The molecule has 0 spiro atoms. The third-order valence-electron chi connectivity index (χ3n) is 4.44. The van der Waals surface area contributed by atoms with E-state index in [1.165, 1.54) is 20.1 Å². The van der Waals surface area contributed by atoms with Crippen molar-refractivity contribution in [2.75, 3.05) is 7.11 Å². The van der Waals surface area contributed by atoms with Gasteiger partial charge in [0.25, 0.3) is 0 Å². The van der Waals surface area contributed by atoms with E-state index < -0.39 is 11.9 Å². The summed E-state index contributed by atoms with van der Waals surface area (Å²) in [5.74, 6) is -0.489. The molecule has 7 heteroatoms. The molecular formula is C23H16ClNO5. The quantitative estimate of drug-likeness (QED) is 0.344. The number of esters is 2. The molecule has 1 aliphatic rings. The second-order valence-electron chi connectivity index (χ2n) is 6.49. The van der Waals surface area contributed by atoms with Crippen LogP contribution in [0.2, 0.25) is 5.02 Å². The van der Waals surface area contributed by atoms with Gasteiger partial charge in [-0.2, -0.15) is 0 Å². The molecule has 0 aliphatic carbocycles. The van der Waals surface area contributed by atoms with Gasteiger partial charge in [0.05, 0.1) is 12.1 Å². The predicted molar refractivity (Wildman–Crippen MR) is 114 cm³/mol. The first-order chi connectivity index (χ1) is 14.5. The van der Waals surface area contributed by atoms with Gasteiger partial charge in [-0.05, 0) is 40.6 Å². The molecule has 30 heavy (non-hydrogen) atoms. The lowest BCUT2D eigenvalue weighted by Crippen LogP contribution is -2.06. The number of hydrogen-bond donors (Lipinski definition) is 0. The molecule has 3 aromatic rings. The molecule has 0 saturated heterocycles. The van der Waals surface area contributed by atoms with Crippen molar-refractivity contribution in [3.8, 4) is 11.5 Å². The zero-order chi connectivity index (χ0) is 21.3. The summed E-state index contributed by atoms with van der Waals surface area (Å²) in [6.45, 7) is 1.27. The fraction of sp³-hybridized carbons (Fsp3) is 0.0870. The van der Waals surface area contributed by atoms with Crippen molar-refractivity contribution in [3.63, 3.8) is 0 Å². The molecule has 1 heterocycles. The monoisotopic (exact) mass is 421 g/mol. The van der Waals surface area contributed by atoms with Crippen LogP contribution in [0.5, 0.6) is 11.5 Å².